The number of ether oxygens (including phenoxy) is 5. The number of aromatic nitrogens is 2. The second-order valence-electron chi connectivity index (χ2n) is 23.1. The fourth-order valence-corrected chi connectivity index (χ4v) is 11.8. The first-order chi connectivity index (χ1) is 46.1. The normalized spacial score (nSPS) is 14.9. The van der Waals surface area contributed by atoms with Crippen LogP contribution in [0.1, 0.15) is 76.6 Å². The number of likely N-dealkylation sites (tertiary alicyclic amines) is 1. The maximum atomic E-state index is 14.6. The van der Waals surface area contributed by atoms with E-state index in [0.29, 0.717) is 39.2 Å². The zero-order chi connectivity index (χ0) is 69.2. The fraction of sp³-hybridized carbons (Fsp3) is 0.409. The molecule has 96 heavy (non-hydrogen) atoms. The van der Waals surface area contributed by atoms with E-state index in [2.05, 4.69) is 26.3 Å². The van der Waals surface area contributed by atoms with Crippen LogP contribution in [0.25, 0.3) is 16.4 Å². The molecule has 2 aliphatic heterocycles. The molecule has 2 aliphatic rings. The number of alkyl carbamates (subject to hydrolysis) is 1. The molecule has 10 amide bonds. The summed E-state index contributed by atoms with van der Waals surface area (Å²) in [6, 6.07) is 20.7. The average Bonchev–Trinajstić information content (AvgIpc) is 1.53. The van der Waals surface area contributed by atoms with E-state index >= 15 is 0 Å². The Balaban J connectivity index is 0.858. The van der Waals surface area contributed by atoms with Crippen LogP contribution in [0.2, 0.25) is 0 Å². The quantitative estimate of drug-likeness (QED) is 0.0132. The van der Waals surface area contributed by atoms with Crippen molar-refractivity contribution in [3.63, 3.8) is 0 Å². The van der Waals surface area contributed by atoms with Gasteiger partial charge in [-0.05, 0) is 96.1 Å². The van der Waals surface area contributed by atoms with Crippen LogP contribution >= 0.6 is 23.4 Å². The number of ketones is 1. The number of phenolic OH excluding ortho intramolecular Hbond substituents is 1. The summed E-state index contributed by atoms with van der Waals surface area (Å²) in [5.41, 5.74) is 9.52. The predicted octanol–water partition coefficient (Wildman–Crippen LogP) is 6.65. The molecule has 0 saturated carbocycles. The Morgan fingerprint density at radius 1 is 0.854 bits per heavy atom. The van der Waals surface area contributed by atoms with E-state index in [0.717, 1.165) is 21.4 Å². The molecule has 0 aliphatic carbocycles. The summed E-state index contributed by atoms with van der Waals surface area (Å²) in [6.45, 7) is 4.79. The number of imidazole rings is 1. The lowest BCUT2D eigenvalue weighted by Gasteiger charge is -2.26. The number of halogens is 1. The predicted molar refractivity (Wildman–Crippen MR) is 356 cm³/mol. The van der Waals surface area contributed by atoms with Crippen LogP contribution in [0.3, 0.4) is 0 Å². The Bertz CT molecular complexity index is 3820. The number of thioether (sulfide) groups is 1. The van der Waals surface area contributed by atoms with Gasteiger partial charge in [0.25, 0.3) is 11.8 Å². The molecule has 1 unspecified atom stereocenters. The summed E-state index contributed by atoms with van der Waals surface area (Å²) in [5.74, 6) is -3.87. The summed E-state index contributed by atoms with van der Waals surface area (Å²) in [7, 11) is 1.49. The number of aliphatic hydroxyl groups is 1. The molecule has 1 fully saturated rings. The number of pyridine rings is 1. The molecule has 2 aromatic heterocycles. The molecule has 0 spiro atoms. The number of nitrogens with zero attached hydrogens (tertiary/aromatic N) is 6. The minimum absolute atomic E-state index is 0.00171. The number of nitrogens with two attached hydrogens (primary N) is 1. The van der Waals surface area contributed by atoms with Crippen molar-refractivity contribution in [2.24, 2.45) is 17.6 Å². The minimum atomic E-state index is -1.06. The summed E-state index contributed by atoms with van der Waals surface area (Å²) < 4.78 is 29.7. The number of amides is 10. The van der Waals surface area contributed by atoms with Crippen molar-refractivity contribution in [1.29, 1.82) is 0 Å². The van der Waals surface area contributed by atoms with Crippen LogP contribution in [0.4, 0.5) is 36.2 Å². The van der Waals surface area contributed by atoms with Gasteiger partial charge in [-0.25, -0.2) is 24.2 Å². The Morgan fingerprint density at radius 3 is 2.29 bits per heavy atom. The summed E-state index contributed by atoms with van der Waals surface area (Å²) in [4.78, 5) is 142. The maximum Gasteiger partial charge on any atom is 0.415 e. The number of primary amides is 1. The van der Waals surface area contributed by atoms with E-state index in [1.165, 1.54) is 52.9 Å². The number of anilines is 3. The molecule has 30 heteroatoms. The molecule has 512 valence electrons. The van der Waals surface area contributed by atoms with Gasteiger partial charge in [0.1, 0.15) is 36.1 Å². The second-order valence-corrected chi connectivity index (χ2v) is 24.5. The molecular formula is C66H78ClN11O17S. The number of nitrogens with one attached hydrogen (secondary N) is 4. The smallest absolute Gasteiger partial charge is 0.415 e. The third-order valence-electron chi connectivity index (χ3n) is 16.0. The number of rotatable bonds is 32. The van der Waals surface area contributed by atoms with Crippen molar-refractivity contribution in [1.82, 2.24) is 34.7 Å². The number of aliphatic hydroxyl groups excluding tert-OH is 1. The van der Waals surface area contributed by atoms with Gasteiger partial charge in [-0.15, -0.1) is 11.6 Å². The van der Waals surface area contributed by atoms with E-state index in [-0.39, 0.29) is 146 Å². The highest BCUT2D eigenvalue weighted by atomic mass is 35.5. The Morgan fingerprint density at radius 2 is 1.59 bits per heavy atom. The first kappa shape index (κ1) is 72.3. The van der Waals surface area contributed by atoms with Crippen molar-refractivity contribution < 1.29 is 81.8 Å². The molecule has 8 rings (SSSR count). The number of Topliss-reactive ketones (excluding diaryl/α,β-unsaturated/α-hetero) is 1. The number of hydrogen-bond acceptors (Lipinski definition) is 19. The first-order valence-electron chi connectivity index (χ1n) is 31.0. The first-order valence-corrected chi connectivity index (χ1v) is 32.8. The van der Waals surface area contributed by atoms with Gasteiger partial charge in [-0.2, -0.15) is 11.8 Å². The molecule has 4 heterocycles. The van der Waals surface area contributed by atoms with Crippen molar-refractivity contribution in [3.05, 3.63) is 125 Å². The Kier molecular flexibility index (Phi) is 25.8. The van der Waals surface area contributed by atoms with Gasteiger partial charge >= 0.3 is 24.3 Å². The monoisotopic (exact) mass is 1360 g/mol. The van der Waals surface area contributed by atoms with Gasteiger partial charge in [0.05, 0.1) is 62.2 Å². The molecule has 28 nitrogen and oxygen atoms in total. The van der Waals surface area contributed by atoms with Crippen molar-refractivity contribution in [3.8, 4) is 11.5 Å². The maximum absolute atomic E-state index is 14.6. The number of alkyl halides is 1. The second kappa shape index (κ2) is 34.2. The lowest BCUT2D eigenvalue weighted by molar-refractivity contribution is -0.139. The molecule has 4 atom stereocenters. The lowest BCUT2D eigenvalue weighted by atomic mass is 9.90. The number of phenols is 1. The number of urea groups is 1. The van der Waals surface area contributed by atoms with Crippen LogP contribution in [0.15, 0.2) is 97.3 Å². The van der Waals surface area contributed by atoms with Gasteiger partial charge in [-0.3, -0.25) is 33.7 Å². The standard InChI is InChI=1S/C66H78ClN11O17S/c1-39(2)58(73-64(88)93-30-29-92-27-24-77-55(82)33-53(96-5)62(77)86)51(81)31-43(19-20-69-63(68)87)60(84)70-45-13-9-41(10-14-45)38-94-65(89)74(4)21-22-75(23-26-91-28-25-79)66(90)95-52-32-50-57(56-40(3)7-6-8-48(52)56)44(34-67)35-78(50)61(85)49-37-76-36-46(15-18-54(76)72-49)71-59(83)42-11-16-47(80)17-12-42/h6-18,32,36-37,39,43-44,53,58,79-80H,19-31,33-35,38H2,1-5H3,(H,70,84)(H,71,83)(H,73,88)(H3,68,69,87)/t43-,44-,53?,58+/m1/s1. The van der Waals surface area contributed by atoms with Crippen molar-refractivity contribution in [2.45, 2.75) is 63.9 Å². The topological polar surface area (TPSA) is 362 Å². The number of hydrogen-bond donors (Lipinski definition) is 7. The lowest BCUT2D eigenvalue weighted by Crippen LogP contribution is -2.46. The minimum Gasteiger partial charge on any atom is -0.508 e. The summed E-state index contributed by atoms with van der Waals surface area (Å²) in [5, 5.41) is 30.6. The van der Waals surface area contributed by atoms with E-state index in [4.69, 9.17) is 41.0 Å². The Labute approximate surface area is 562 Å². The molecule has 8 N–H and O–H groups in total. The number of likely N-dealkylation sites (N-methyl/N-ethyl adjacent to an activating group) is 1. The van der Waals surface area contributed by atoms with Gasteiger partial charge in [0.2, 0.25) is 17.7 Å². The number of aryl methyl sites for hydroxylation is 1. The van der Waals surface area contributed by atoms with E-state index in [1.54, 1.807) is 84.3 Å². The van der Waals surface area contributed by atoms with Crippen LogP contribution in [0.5, 0.6) is 11.5 Å². The fourth-order valence-electron chi connectivity index (χ4n) is 10.9. The van der Waals surface area contributed by atoms with E-state index in [1.807, 2.05) is 25.1 Å². The molecule has 0 bridgehead atoms. The molecule has 4 aromatic carbocycles. The summed E-state index contributed by atoms with van der Waals surface area (Å²) in [6.07, 6.45) is 2.29. The van der Waals surface area contributed by atoms with Crippen molar-refractivity contribution in [2.75, 3.05) is 114 Å². The van der Waals surface area contributed by atoms with E-state index in [9.17, 15) is 58.2 Å². The van der Waals surface area contributed by atoms with Gasteiger partial charge < -0.3 is 80.0 Å². The van der Waals surface area contributed by atoms with Crippen LogP contribution < -0.4 is 36.6 Å². The highest BCUT2D eigenvalue weighted by molar-refractivity contribution is 8.00. The van der Waals surface area contributed by atoms with Gasteiger partial charge in [0, 0.05) is 105 Å². The molecule has 6 aromatic rings. The number of fused-ring (bicyclic) bond motifs is 4. The van der Waals surface area contributed by atoms with Gasteiger partial charge in [0.15, 0.2) is 5.78 Å². The third kappa shape index (κ3) is 18.9. The zero-order valence-corrected chi connectivity index (χ0v) is 55.3. The van der Waals surface area contributed by atoms with Crippen LogP contribution in [0, 0.1) is 18.8 Å². The SMILES string of the molecule is CSC1CC(=O)N(CCOCCOC(=O)N[C@H](C(=O)C[C@@H](CCNC(N)=O)C(=O)Nc2ccc(COC(=O)N(C)CCN(CCOCCO)C(=O)Oc3cc4c(c5c(C)cccc35)[C@H](CCl)CN4C(=O)c3cn4cc(NC(=O)c5ccc(O)cc5)ccc4n3)cc2)C(C)C)C1=O. The number of imide groups is 1. The molecule has 1 saturated heterocycles. The largest absolute Gasteiger partial charge is 0.508 e. The van der Waals surface area contributed by atoms with E-state index < -0.39 is 70.9 Å². The van der Waals surface area contributed by atoms with Gasteiger partial charge in [-0.1, -0.05) is 44.2 Å². The highest BCUT2D eigenvalue weighted by Gasteiger charge is 2.39. The average molecular weight is 1360 g/mol. The summed E-state index contributed by atoms with van der Waals surface area (Å²) >= 11 is 7.95. The van der Waals surface area contributed by atoms with Crippen molar-refractivity contribution >= 4 is 116 Å². The number of carbonyl (C=O) groups excluding carboxylic acids is 10. The molecule has 0 radical (unpaired) electrons. The highest BCUT2D eigenvalue weighted by Crippen LogP contribution is 2.47. The Hall–Kier alpha value is -9.55. The third-order valence-corrected chi connectivity index (χ3v) is 17.4. The zero-order valence-electron chi connectivity index (χ0n) is 53.7. The number of benzene rings is 4. The number of carbonyl (C=O) groups is 10. The molecular weight excluding hydrogens is 1290 g/mol. The number of aromatic hydroxyl groups is 1. The van der Waals surface area contributed by atoms with Crippen LogP contribution in [-0.4, -0.2) is 203 Å². The van der Waals surface area contributed by atoms with Crippen LogP contribution in [-0.2, 0) is 44.7 Å².